The average Bonchev–Trinajstić information content (AvgIpc) is 2.76. The van der Waals surface area contributed by atoms with Crippen molar-refractivity contribution >= 4 is 12.1 Å². The van der Waals surface area contributed by atoms with Crippen molar-refractivity contribution in [2.24, 2.45) is 0 Å². The lowest BCUT2D eigenvalue weighted by molar-refractivity contribution is 0.0220. The molecule has 0 unspecified atom stereocenters. The Morgan fingerprint density at radius 1 is 1.45 bits per heavy atom. The van der Waals surface area contributed by atoms with Gasteiger partial charge in [-0.1, -0.05) is 0 Å². The van der Waals surface area contributed by atoms with Crippen LogP contribution in [0.5, 0.6) is 0 Å². The zero-order chi connectivity index (χ0) is 16.5. The first kappa shape index (κ1) is 15.8. The quantitative estimate of drug-likeness (QED) is 0.884. The lowest BCUT2D eigenvalue weighted by Crippen LogP contribution is -2.40. The molecule has 0 fully saturated rings. The normalized spacial score (nSPS) is 14.2. The largest absolute Gasteiger partial charge is 0.476 e. The van der Waals surface area contributed by atoms with Crippen LogP contribution < -0.4 is 0 Å². The van der Waals surface area contributed by atoms with Crippen molar-refractivity contribution in [1.82, 2.24) is 14.7 Å². The van der Waals surface area contributed by atoms with Crippen LogP contribution in [0.2, 0.25) is 0 Å². The van der Waals surface area contributed by atoms with E-state index in [4.69, 9.17) is 10.00 Å². The number of carbonyl (C=O) groups excluding carboxylic acids is 1. The van der Waals surface area contributed by atoms with Gasteiger partial charge in [-0.25, -0.2) is 9.59 Å². The van der Waals surface area contributed by atoms with Crippen LogP contribution in [0.25, 0.3) is 0 Å². The molecule has 1 aromatic rings. The fourth-order valence-corrected chi connectivity index (χ4v) is 2.34. The fraction of sp³-hybridized carbons (Fsp3) is 0.571. The highest BCUT2D eigenvalue weighted by Gasteiger charge is 2.31. The maximum absolute atomic E-state index is 12.1. The van der Waals surface area contributed by atoms with Gasteiger partial charge in [0.1, 0.15) is 12.1 Å². The molecule has 1 aromatic heterocycles. The number of nitriles is 1. The van der Waals surface area contributed by atoms with Gasteiger partial charge < -0.3 is 14.7 Å². The molecule has 22 heavy (non-hydrogen) atoms. The topological polar surface area (TPSA) is 108 Å². The van der Waals surface area contributed by atoms with Crippen molar-refractivity contribution < 1.29 is 19.4 Å². The van der Waals surface area contributed by atoms with Crippen LogP contribution >= 0.6 is 0 Å². The molecule has 0 saturated heterocycles. The third kappa shape index (κ3) is 3.19. The van der Waals surface area contributed by atoms with E-state index in [-0.39, 0.29) is 18.8 Å². The maximum Gasteiger partial charge on any atom is 0.410 e. The Morgan fingerprint density at radius 3 is 2.68 bits per heavy atom. The molecule has 0 spiro atoms. The van der Waals surface area contributed by atoms with E-state index in [9.17, 15) is 14.7 Å². The van der Waals surface area contributed by atoms with Gasteiger partial charge in [0.05, 0.1) is 12.6 Å². The Morgan fingerprint density at radius 2 is 2.14 bits per heavy atom. The molecule has 0 radical (unpaired) electrons. The predicted molar refractivity (Wildman–Crippen MR) is 75.1 cm³/mol. The van der Waals surface area contributed by atoms with Crippen LogP contribution in [-0.2, 0) is 24.2 Å². The number of nitrogens with zero attached hydrogens (tertiary/aromatic N) is 4. The van der Waals surface area contributed by atoms with E-state index in [1.54, 1.807) is 20.8 Å². The number of ether oxygens (including phenoxy) is 1. The molecule has 0 bridgehead atoms. The zero-order valence-electron chi connectivity index (χ0n) is 12.8. The fourth-order valence-electron chi connectivity index (χ4n) is 2.34. The van der Waals surface area contributed by atoms with Crippen molar-refractivity contribution in [3.63, 3.8) is 0 Å². The van der Waals surface area contributed by atoms with Crippen LogP contribution in [-0.4, -0.2) is 44.0 Å². The second-order valence-corrected chi connectivity index (χ2v) is 6.05. The van der Waals surface area contributed by atoms with E-state index in [0.717, 1.165) is 0 Å². The lowest BCUT2D eigenvalue weighted by Gasteiger charge is -2.30. The van der Waals surface area contributed by atoms with Crippen LogP contribution in [0.4, 0.5) is 4.79 Å². The first-order chi connectivity index (χ1) is 10.2. The smallest absolute Gasteiger partial charge is 0.410 e. The summed E-state index contributed by atoms with van der Waals surface area (Å²) in [5.74, 6) is -1.17. The Kier molecular flexibility index (Phi) is 4.08. The minimum Gasteiger partial charge on any atom is -0.476 e. The van der Waals surface area contributed by atoms with E-state index in [0.29, 0.717) is 24.2 Å². The molecule has 0 saturated carbocycles. The molecule has 2 heterocycles. The standard InChI is InChI=1S/C14H18N4O4/c1-14(2,3)22-13(21)17-6-4-10-9(8-17)11(12(19)20)16-18(10)7-5-15/h4,6-8H2,1-3H3,(H,19,20). The number of hydrogen-bond donors (Lipinski definition) is 1. The molecule has 118 valence electrons. The zero-order valence-corrected chi connectivity index (χ0v) is 12.8. The molecular formula is C14H18N4O4. The van der Waals surface area contributed by atoms with E-state index < -0.39 is 17.7 Å². The highest BCUT2D eigenvalue weighted by molar-refractivity contribution is 5.87. The van der Waals surface area contributed by atoms with Crippen LogP contribution in [0.3, 0.4) is 0 Å². The molecule has 1 aliphatic rings. The summed E-state index contributed by atoms with van der Waals surface area (Å²) in [5.41, 5.74) is 0.440. The highest BCUT2D eigenvalue weighted by Crippen LogP contribution is 2.24. The average molecular weight is 306 g/mol. The number of carbonyl (C=O) groups is 2. The van der Waals surface area contributed by atoms with E-state index in [1.807, 2.05) is 6.07 Å². The molecule has 0 atom stereocenters. The van der Waals surface area contributed by atoms with Crippen LogP contribution in [0.1, 0.15) is 42.5 Å². The predicted octanol–water partition coefficient (Wildman–Crippen LogP) is 1.40. The molecule has 1 aliphatic heterocycles. The number of fused-ring (bicyclic) bond motifs is 1. The molecule has 0 aromatic carbocycles. The van der Waals surface area contributed by atoms with Crippen molar-refractivity contribution in [3.05, 3.63) is 17.0 Å². The summed E-state index contributed by atoms with van der Waals surface area (Å²) in [6.45, 7) is 5.83. The van der Waals surface area contributed by atoms with Gasteiger partial charge in [-0.2, -0.15) is 10.4 Å². The number of carboxylic acid groups (broad SMARTS) is 1. The third-order valence-corrected chi connectivity index (χ3v) is 3.21. The molecule has 1 N–H and O–H groups in total. The van der Waals surface area contributed by atoms with Gasteiger partial charge in [0.25, 0.3) is 0 Å². The van der Waals surface area contributed by atoms with Crippen molar-refractivity contribution in [3.8, 4) is 6.07 Å². The van der Waals surface area contributed by atoms with Gasteiger partial charge in [0.15, 0.2) is 5.69 Å². The third-order valence-electron chi connectivity index (χ3n) is 3.21. The molecule has 2 rings (SSSR count). The molecular weight excluding hydrogens is 288 g/mol. The minimum atomic E-state index is -1.17. The number of rotatable bonds is 2. The molecule has 8 nitrogen and oxygen atoms in total. The lowest BCUT2D eigenvalue weighted by atomic mass is 10.1. The molecule has 8 heteroatoms. The summed E-state index contributed by atoms with van der Waals surface area (Å²) in [6.07, 6.45) is -0.0428. The minimum absolute atomic E-state index is 0.0119. The summed E-state index contributed by atoms with van der Waals surface area (Å²) in [5, 5.41) is 22.0. The van der Waals surface area contributed by atoms with Crippen molar-refractivity contribution in [2.45, 2.75) is 45.9 Å². The van der Waals surface area contributed by atoms with Gasteiger partial charge in [0, 0.05) is 24.2 Å². The van der Waals surface area contributed by atoms with E-state index in [2.05, 4.69) is 5.10 Å². The van der Waals surface area contributed by atoms with Crippen LogP contribution in [0.15, 0.2) is 0 Å². The van der Waals surface area contributed by atoms with E-state index >= 15 is 0 Å². The summed E-state index contributed by atoms with van der Waals surface area (Å²) in [4.78, 5) is 24.9. The second kappa shape index (κ2) is 5.67. The summed E-state index contributed by atoms with van der Waals surface area (Å²) >= 11 is 0. The number of carboxylic acids is 1. The van der Waals surface area contributed by atoms with Crippen molar-refractivity contribution in [2.75, 3.05) is 6.54 Å². The number of amides is 1. The summed E-state index contributed by atoms with van der Waals surface area (Å²) in [6, 6.07) is 1.95. The van der Waals surface area contributed by atoms with Crippen molar-refractivity contribution in [1.29, 1.82) is 5.26 Å². The van der Waals surface area contributed by atoms with Gasteiger partial charge in [0.2, 0.25) is 0 Å². The summed E-state index contributed by atoms with van der Waals surface area (Å²) < 4.78 is 6.70. The molecule has 1 amide bonds. The summed E-state index contributed by atoms with van der Waals surface area (Å²) in [7, 11) is 0. The first-order valence-electron chi connectivity index (χ1n) is 6.89. The maximum atomic E-state index is 12.1. The van der Waals surface area contributed by atoms with Crippen LogP contribution in [0, 0.1) is 11.3 Å². The van der Waals surface area contributed by atoms with Gasteiger partial charge in [-0.3, -0.25) is 4.68 Å². The van der Waals surface area contributed by atoms with Gasteiger partial charge >= 0.3 is 12.1 Å². The number of hydrogen-bond acceptors (Lipinski definition) is 5. The Bertz CT molecular complexity index is 651. The Hall–Kier alpha value is -2.56. The molecule has 0 aliphatic carbocycles. The Balaban J connectivity index is 2.28. The highest BCUT2D eigenvalue weighted by atomic mass is 16.6. The SMILES string of the molecule is CC(C)(C)OC(=O)N1CCc2c(c(C(=O)O)nn2CC#N)C1. The Labute approximate surface area is 127 Å². The second-order valence-electron chi connectivity index (χ2n) is 6.05. The monoisotopic (exact) mass is 306 g/mol. The van der Waals surface area contributed by atoms with E-state index in [1.165, 1.54) is 9.58 Å². The number of aromatic carboxylic acids is 1. The van der Waals surface area contributed by atoms with Gasteiger partial charge in [-0.15, -0.1) is 0 Å². The first-order valence-corrected chi connectivity index (χ1v) is 6.89. The number of aromatic nitrogens is 2. The van der Waals surface area contributed by atoms with Gasteiger partial charge in [-0.05, 0) is 20.8 Å².